The lowest BCUT2D eigenvalue weighted by molar-refractivity contribution is -0.697. The van der Waals surface area contributed by atoms with Gasteiger partial charge in [0.15, 0.2) is 24.8 Å². The van der Waals surface area contributed by atoms with Crippen molar-refractivity contribution in [1.82, 2.24) is 4.98 Å². The molecule has 0 saturated carbocycles. The summed E-state index contributed by atoms with van der Waals surface area (Å²) in [5, 5.41) is 0. The van der Waals surface area contributed by atoms with E-state index in [4.69, 9.17) is 25.8 Å². The highest BCUT2D eigenvalue weighted by Gasteiger charge is 2.05. The average molecular weight is 683 g/mol. The van der Waals surface area contributed by atoms with Crippen LogP contribution in [0.5, 0.6) is 0 Å². The van der Waals surface area contributed by atoms with Crippen molar-refractivity contribution < 1.29 is 48.2 Å². The first-order valence-corrected chi connectivity index (χ1v) is 17.0. The zero-order valence-corrected chi connectivity index (χ0v) is 29.2. The number of aryl methyl sites for hydroxylation is 5. The second kappa shape index (κ2) is 28.4. The second-order valence-electron chi connectivity index (χ2n) is 11.2. The lowest BCUT2D eigenvalue weighted by Crippen LogP contribution is -3.00. The molecular formula is C36H54Cl3N3O3. The maximum absolute atomic E-state index is 5.94. The number of hydrogen-bond donors (Lipinski definition) is 0. The van der Waals surface area contributed by atoms with Gasteiger partial charge in [0, 0.05) is 94.0 Å². The lowest BCUT2D eigenvalue weighted by atomic mass is 10.1. The normalized spacial score (nSPS) is 10.8. The maximum Gasteiger partial charge on any atom is 0.171 e. The van der Waals surface area contributed by atoms with Gasteiger partial charge in [-0.05, 0) is 88.0 Å². The minimum Gasteiger partial charge on any atom is -1.00 e. The molecule has 0 fully saturated rings. The van der Waals surface area contributed by atoms with Gasteiger partial charge in [0.05, 0.1) is 0 Å². The van der Waals surface area contributed by atoms with Crippen LogP contribution < -0.4 is 33.9 Å². The Morgan fingerprint density at radius 3 is 1.44 bits per heavy atom. The predicted octanol–water partition coefficient (Wildman–Crippen LogP) is 0.492. The molecular weight excluding hydrogens is 629 g/mol. The molecule has 0 bridgehead atoms. The number of pyridine rings is 3. The Morgan fingerprint density at radius 1 is 0.533 bits per heavy atom. The van der Waals surface area contributed by atoms with E-state index >= 15 is 0 Å². The molecule has 0 aliphatic heterocycles. The molecule has 3 aromatic rings. The highest BCUT2D eigenvalue weighted by molar-refractivity contribution is 6.17. The van der Waals surface area contributed by atoms with Gasteiger partial charge in [0.1, 0.15) is 13.1 Å². The van der Waals surface area contributed by atoms with E-state index in [9.17, 15) is 0 Å². The summed E-state index contributed by atoms with van der Waals surface area (Å²) in [5.74, 6) is 0.724. The molecule has 252 valence electrons. The molecule has 0 radical (unpaired) electrons. The first-order valence-electron chi connectivity index (χ1n) is 16.5. The van der Waals surface area contributed by atoms with Crippen LogP contribution in [0.3, 0.4) is 0 Å². The fourth-order valence-corrected chi connectivity index (χ4v) is 5.20. The fourth-order valence-electron chi connectivity index (χ4n) is 5.01. The number of aromatic nitrogens is 3. The van der Waals surface area contributed by atoms with Crippen LogP contribution in [0.1, 0.15) is 74.5 Å². The van der Waals surface area contributed by atoms with Gasteiger partial charge in [0.2, 0.25) is 0 Å². The first kappa shape index (κ1) is 41.2. The Kier molecular flexibility index (Phi) is 26.0. The van der Waals surface area contributed by atoms with Gasteiger partial charge < -0.3 is 39.0 Å². The number of alkyl halides is 1. The van der Waals surface area contributed by atoms with Crippen molar-refractivity contribution in [2.75, 3.05) is 45.5 Å². The fraction of sp³-hybridized carbons (Fsp3) is 0.583. The Morgan fingerprint density at radius 2 is 0.978 bits per heavy atom. The summed E-state index contributed by atoms with van der Waals surface area (Å²) < 4.78 is 22.1. The maximum atomic E-state index is 5.94. The van der Waals surface area contributed by atoms with Crippen LogP contribution in [-0.2, 0) is 46.6 Å². The van der Waals surface area contributed by atoms with E-state index in [2.05, 4.69) is 69.2 Å². The molecule has 0 aromatic carbocycles. The topological polar surface area (TPSA) is 48.3 Å². The van der Waals surface area contributed by atoms with E-state index in [-0.39, 0.29) is 24.8 Å². The van der Waals surface area contributed by atoms with Crippen LogP contribution in [0.4, 0.5) is 0 Å². The molecule has 0 aliphatic carbocycles. The Balaban J connectivity index is 0.00000506. The smallest absolute Gasteiger partial charge is 0.171 e. The molecule has 0 unspecified atom stereocenters. The van der Waals surface area contributed by atoms with Gasteiger partial charge in [-0.3, -0.25) is 4.98 Å². The van der Waals surface area contributed by atoms with Crippen molar-refractivity contribution in [3.63, 3.8) is 0 Å². The second-order valence-corrected chi connectivity index (χ2v) is 11.6. The molecule has 9 heteroatoms. The van der Waals surface area contributed by atoms with Gasteiger partial charge in [-0.2, -0.15) is 0 Å². The van der Waals surface area contributed by atoms with Crippen LogP contribution in [0.15, 0.2) is 73.6 Å². The number of nitrogens with zero attached hydrogens (tertiary/aromatic N) is 3. The minimum atomic E-state index is 0. The van der Waals surface area contributed by atoms with E-state index < -0.39 is 0 Å². The van der Waals surface area contributed by atoms with Crippen LogP contribution in [0.2, 0.25) is 0 Å². The van der Waals surface area contributed by atoms with Crippen molar-refractivity contribution in [3.8, 4) is 0 Å². The number of rotatable bonds is 26. The highest BCUT2D eigenvalue weighted by atomic mass is 35.5. The Labute approximate surface area is 289 Å². The van der Waals surface area contributed by atoms with E-state index in [0.29, 0.717) is 0 Å². The highest BCUT2D eigenvalue weighted by Crippen LogP contribution is 2.04. The summed E-state index contributed by atoms with van der Waals surface area (Å²) in [6.07, 6.45) is 25.5. The quantitative estimate of drug-likeness (QED) is 0.0704. The molecule has 6 nitrogen and oxygen atoms in total. The largest absolute Gasteiger partial charge is 1.00 e. The third kappa shape index (κ3) is 20.8. The predicted molar refractivity (Wildman–Crippen MR) is 173 cm³/mol. The van der Waals surface area contributed by atoms with E-state index in [1.807, 2.05) is 18.5 Å². The molecule has 3 aromatic heterocycles. The lowest BCUT2D eigenvalue weighted by Gasteiger charge is -2.05. The number of hydrogen-bond acceptors (Lipinski definition) is 4. The third-order valence-electron chi connectivity index (χ3n) is 7.41. The van der Waals surface area contributed by atoms with Crippen LogP contribution >= 0.6 is 11.6 Å². The van der Waals surface area contributed by atoms with Crippen LogP contribution in [0, 0.1) is 0 Å². The zero-order chi connectivity index (χ0) is 30.0. The number of unbranched alkanes of at least 4 members (excludes halogenated alkanes) is 3. The summed E-state index contributed by atoms with van der Waals surface area (Å²) in [6, 6.07) is 12.9. The summed E-state index contributed by atoms with van der Waals surface area (Å²) in [4.78, 5) is 4.16. The molecule has 45 heavy (non-hydrogen) atoms. The first-order chi connectivity index (χ1) is 21.3. The molecule has 0 N–H and O–H groups in total. The molecule has 0 atom stereocenters. The van der Waals surface area contributed by atoms with E-state index in [1.54, 1.807) is 0 Å². The van der Waals surface area contributed by atoms with Crippen molar-refractivity contribution in [1.29, 1.82) is 0 Å². The standard InChI is InChI=1S/C36H54ClN3O3.2ClH/c37-19-1-4-25-41-29-11-17-35-14-8-23-40(32-35)22-3-6-27-43-30-12-18-36-15-9-24-39(33-36)21-2-5-26-42-28-10-16-34-13-7-20-38-31-34;;/h7-9,13-15,20,23-24,31-33H,1-6,10-12,16-19,21-22,25-30H2;2*1H/q+2;;/p-2. The number of halogens is 3. The van der Waals surface area contributed by atoms with Gasteiger partial charge in [0.25, 0.3) is 0 Å². The third-order valence-corrected chi connectivity index (χ3v) is 7.67. The van der Waals surface area contributed by atoms with Gasteiger partial charge in [-0.1, -0.05) is 6.07 Å². The van der Waals surface area contributed by atoms with Crippen molar-refractivity contribution in [2.24, 2.45) is 0 Å². The molecule has 0 spiro atoms. The van der Waals surface area contributed by atoms with Crippen LogP contribution in [0.25, 0.3) is 0 Å². The molecule has 0 amide bonds. The van der Waals surface area contributed by atoms with Crippen molar-refractivity contribution in [2.45, 2.75) is 90.1 Å². The average Bonchev–Trinajstić information content (AvgIpc) is 3.04. The molecule has 0 saturated heterocycles. The molecule has 3 heterocycles. The minimum absolute atomic E-state index is 0. The summed E-state index contributed by atoms with van der Waals surface area (Å²) in [6.45, 7) is 7.03. The SMILES string of the molecule is ClCCCCOCCCc1ccc[n+](CCCCOCCCc2ccc[n+](CCCCOCCCc3cccnc3)c2)c1.[Cl-].[Cl-]. The monoisotopic (exact) mass is 681 g/mol. The van der Waals surface area contributed by atoms with Gasteiger partial charge >= 0.3 is 0 Å². The van der Waals surface area contributed by atoms with E-state index in [0.717, 1.165) is 136 Å². The zero-order valence-electron chi connectivity index (χ0n) is 27.0. The molecule has 3 rings (SSSR count). The molecule has 0 aliphatic rings. The number of ether oxygens (including phenoxy) is 3. The van der Waals surface area contributed by atoms with Crippen molar-refractivity contribution in [3.05, 3.63) is 90.3 Å². The van der Waals surface area contributed by atoms with Gasteiger partial charge in [-0.15, -0.1) is 11.6 Å². The summed E-state index contributed by atoms with van der Waals surface area (Å²) in [7, 11) is 0. The summed E-state index contributed by atoms with van der Waals surface area (Å²) >= 11 is 5.70. The Bertz CT molecular complexity index is 1100. The van der Waals surface area contributed by atoms with Gasteiger partial charge in [-0.25, -0.2) is 9.13 Å². The summed E-state index contributed by atoms with van der Waals surface area (Å²) in [5.41, 5.74) is 4.04. The Hall–Kier alpha value is -1.80. The van der Waals surface area contributed by atoms with Crippen LogP contribution in [-0.4, -0.2) is 50.5 Å². The van der Waals surface area contributed by atoms with Crippen molar-refractivity contribution >= 4 is 11.6 Å². The van der Waals surface area contributed by atoms with E-state index in [1.165, 1.54) is 16.7 Å².